The highest BCUT2D eigenvalue weighted by Gasteiger charge is 2.25. The van der Waals surface area contributed by atoms with Crippen molar-refractivity contribution in [2.75, 3.05) is 69.2 Å². The zero-order valence-corrected chi connectivity index (χ0v) is 17.0. The fourth-order valence-corrected chi connectivity index (χ4v) is 3.83. The van der Waals surface area contributed by atoms with E-state index in [0.717, 1.165) is 31.9 Å². The summed E-state index contributed by atoms with van der Waals surface area (Å²) in [5.74, 6) is 0.346. The lowest BCUT2D eigenvalue weighted by atomic mass is 10.2. The van der Waals surface area contributed by atoms with Gasteiger partial charge in [-0.15, -0.1) is 0 Å². The Balaban J connectivity index is 1.46. The SMILES string of the molecule is Cc1cc(C(=O)N2CCN(C)CC2)nc(N2CCN(c3ccccc3F)CC2)n1. The monoisotopic (exact) mass is 398 g/mol. The molecule has 2 aliphatic heterocycles. The van der Waals surface area contributed by atoms with Gasteiger partial charge in [0, 0.05) is 58.1 Å². The second-order valence-corrected chi connectivity index (χ2v) is 7.72. The number of carbonyl (C=O) groups excluding carboxylic acids is 1. The van der Waals surface area contributed by atoms with Gasteiger partial charge in [0.1, 0.15) is 11.5 Å². The van der Waals surface area contributed by atoms with Gasteiger partial charge in [0.2, 0.25) is 5.95 Å². The predicted octanol–water partition coefficient (Wildman–Crippen LogP) is 1.64. The fraction of sp³-hybridized carbons (Fsp3) is 0.476. The van der Waals surface area contributed by atoms with Crippen LogP contribution in [0.3, 0.4) is 0 Å². The van der Waals surface area contributed by atoms with E-state index >= 15 is 0 Å². The molecule has 4 rings (SSSR count). The minimum atomic E-state index is -0.201. The summed E-state index contributed by atoms with van der Waals surface area (Å²) in [7, 11) is 2.07. The van der Waals surface area contributed by atoms with Gasteiger partial charge in [0.25, 0.3) is 5.91 Å². The van der Waals surface area contributed by atoms with Crippen LogP contribution in [0.1, 0.15) is 16.2 Å². The molecule has 0 spiro atoms. The number of hydrogen-bond donors (Lipinski definition) is 0. The third kappa shape index (κ3) is 4.32. The highest BCUT2D eigenvalue weighted by molar-refractivity contribution is 5.92. The van der Waals surface area contributed by atoms with E-state index in [0.29, 0.717) is 43.5 Å². The number of aryl methyl sites for hydroxylation is 1. The molecule has 2 fully saturated rings. The molecule has 3 heterocycles. The smallest absolute Gasteiger partial charge is 0.272 e. The lowest BCUT2D eigenvalue weighted by Gasteiger charge is -2.36. The molecule has 29 heavy (non-hydrogen) atoms. The molecule has 0 bridgehead atoms. The van der Waals surface area contributed by atoms with Crippen molar-refractivity contribution in [2.45, 2.75) is 6.92 Å². The maximum Gasteiger partial charge on any atom is 0.272 e. The van der Waals surface area contributed by atoms with Crippen LogP contribution in [0.25, 0.3) is 0 Å². The highest BCUT2D eigenvalue weighted by Crippen LogP contribution is 2.22. The molecule has 7 nitrogen and oxygen atoms in total. The quantitative estimate of drug-likeness (QED) is 0.784. The predicted molar refractivity (Wildman–Crippen MR) is 111 cm³/mol. The summed E-state index contributed by atoms with van der Waals surface area (Å²) >= 11 is 0. The summed E-state index contributed by atoms with van der Waals surface area (Å²) in [4.78, 5) is 30.3. The van der Waals surface area contributed by atoms with Gasteiger partial charge in [-0.25, -0.2) is 14.4 Å². The van der Waals surface area contributed by atoms with Crippen molar-refractivity contribution >= 4 is 17.5 Å². The number of halogens is 1. The Kier molecular flexibility index (Phi) is 5.62. The number of carbonyl (C=O) groups is 1. The average molecular weight is 398 g/mol. The number of benzene rings is 1. The molecule has 2 aliphatic rings. The first-order valence-corrected chi connectivity index (χ1v) is 10.1. The number of amides is 1. The summed E-state index contributed by atoms with van der Waals surface area (Å²) in [5, 5.41) is 0. The minimum absolute atomic E-state index is 0.0326. The van der Waals surface area contributed by atoms with Crippen molar-refractivity contribution in [2.24, 2.45) is 0 Å². The first kappa shape index (κ1) is 19.6. The van der Waals surface area contributed by atoms with E-state index in [-0.39, 0.29) is 11.7 Å². The van der Waals surface area contributed by atoms with E-state index in [4.69, 9.17) is 0 Å². The van der Waals surface area contributed by atoms with Crippen molar-refractivity contribution < 1.29 is 9.18 Å². The lowest BCUT2D eigenvalue weighted by Crippen LogP contribution is -2.48. The Bertz CT molecular complexity index is 875. The second-order valence-electron chi connectivity index (χ2n) is 7.72. The third-order valence-corrected chi connectivity index (χ3v) is 5.61. The van der Waals surface area contributed by atoms with E-state index in [1.165, 1.54) is 6.07 Å². The molecule has 0 radical (unpaired) electrons. The maximum atomic E-state index is 14.1. The average Bonchev–Trinajstić information content (AvgIpc) is 2.74. The summed E-state index contributed by atoms with van der Waals surface area (Å²) in [6.07, 6.45) is 0. The standard InChI is InChI=1S/C21H27FN6O/c1-16-15-18(20(29)27-9-7-25(2)8-10-27)24-21(23-16)28-13-11-26(12-14-28)19-6-4-3-5-17(19)22/h3-6,15H,7-14H2,1-2H3. The van der Waals surface area contributed by atoms with E-state index in [2.05, 4.69) is 26.8 Å². The Morgan fingerprint density at radius 3 is 2.28 bits per heavy atom. The molecule has 2 aromatic rings. The maximum absolute atomic E-state index is 14.1. The number of likely N-dealkylation sites (N-methyl/N-ethyl adjacent to an activating group) is 1. The molecule has 0 saturated carbocycles. The molecule has 154 valence electrons. The normalized spacial score (nSPS) is 18.2. The molecule has 0 aliphatic carbocycles. The summed E-state index contributed by atoms with van der Waals surface area (Å²) < 4.78 is 14.1. The molecule has 0 N–H and O–H groups in total. The Morgan fingerprint density at radius 1 is 0.931 bits per heavy atom. The molecule has 2 saturated heterocycles. The Morgan fingerprint density at radius 2 is 1.59 bits per heavy atom. The Labute approximate surface area is 170 Å². The largest absolute Gasteiger partial charge is 0.366 e. The van der Waals surface area contributed by atoms with Gasteiger partial charge in [-0.05, 0) is 32.2 Å². The molecule has 1 amide bonds. The number of rotatable bonds is 3. The van der Waals surface area contributed by atoms with Crippen LogP contribution in [0.2, 0.25) is 0 Å². The number of anilines is 2. The van der Waals surface area contributed by atoms with E-state index in [1.807, 2.05) is 22.8 Å². The van der Waals surface area contributed by atoms with Crippen LogP contribution < -0.4 is 9.80 Å². The lowest BCUT2D eigenvalue weighted by molar-refractivity contribution is 0.0658. The van der Waals surface area contributed by atoms with Gasteiger partial charge in [-0.2, -0.15) is 0 Å². The van der Waals surface area contributed by atoms with Crippen LogP contribution in [0.5, 0.6) is 0 Å². The highest BCUT2D eigenvalue weighted by atomic mass is 19.1. The zero-order valence-electron chi connectivity index (χ0n) is 17.0. The number of aromatic nitrogens is 2. The van der Waals surface area contributed by atoms with Gasteiger partial charge in [-0.3, -0.25) is 4.79 Å². The zero-order chi connectivity index (χ0) is 20.4. The number of nitrogens with zero attached hydrogens (tertiary/aromatic N) is 6. The van der Waals surface area contributed by atoms with Gasteiger partial charge in [-0.1, -0.05) is 12.1 Å². The van der Waals surface area contributed by atoms with Crippen molar-refractivity contribution in [3.63, 3.8) is 0 Å². The van der Waals surface area contributed by atoms with Crippen LogP contribution in [-0.2, 0) is 0 Å². The van der Waals surface area contributed by atoms with E-state index in [9.17, 15) is 9.18 Å². The summed E-state index contributed by atoms with van der Waals surface area (Å²) in [5.41, 5.74) is 1.86. The van der Waals surface area contributed by atoms with Gasteiger partial charge >= 0.3 is 0 Å². The van der Waals surface area contributed by atoms with Crippen molar-refractivity contribution in [1.29, 1.82) is 0 Å². The fourth-order valence-electron chi connectivity index (χ4n) is 3.83. The molecular formula is C21H27FN6O. The number of para-hydroxylation sites is 1. The molecule has 0 unspecified atom stereocenters. The van der Waals surface area contributed by atoms with Gasteiger partial charge in [0.05, 0.1) is 5.69 Å². The minimum Gasteiger partial charge on any atom is -0.366 e. The van der Waals surface area contributed by atoms with Crippen LogP contribution in [-0.4, -0.2) is 85.1 Å². The third-order valence-electron chi connectivity index (χ3n) is 5.61. The number of piperazine rings is 2. The van der Waals surface area contributed by atoms with Crippen LogP contribution in [0.15, 0.2) is 30.3 Å². The van der Waals surface area contributed by atoms with Crippen LogP contribution >= 0.6 is 0 Å². The van der Waals surface area contributed by atoms with Crippen LogP contribution in [0.4, 0.5) is 16.0 Å². The van der Waals surface area contributed by atoms with Crippen molar-refractivity contribution in [1.82, 2.24) is 19.8 Å². The van der Waals surface area contributed by atoms with E-state index in [1.54, 1.807) is 18.2 Å². The number of hydrogen-bond acceptors (Lipinski definition) is 6. The molecule has 0 atom stereocenters. The second kappa shape index (κ2) is 8.32. The van der Waals surface area contributed by atoms with Crippen LogP contribution in [0, 0.1) is 12.7 Å². The van der Waals surface area contributed by atoms with Crippen molar-refractivity contribution in [3.8, 4) is 0 Å². The first-order valence-electron chi connectivity index (χ1n) is 10.1. The summed E-state index contributed by atoms with van der Waals surface area (Å²) in [6, 6.07) is 8.61. The van der Waals surface area contributed by atoms with Gasteiger partial charge < -0.3 is 19.6 Å². The van der Waals surface area contributed by atoms with Crippen molar-refractivity contribution in [3.05, 3.63) is 47.5 Å². The molecule has 1 aromatic heterocycles. The first-order chi connectivity index (χ1) is 14.0. The molecule has 1 aromatic carbocycles. The molecule has 8 heteroatoms. The van der Waals surface area contributed by atoms with Gasteiger partial charge in [0.15, 0.2) is 0 Å². The topological polar surface area (TPSA) is 55.8 Å². The van der Waals surface area contributed by atoms with E-state index < -0.39 is 0 Å². The summed E-state index contributed by atoms with van der Waals surface area (Å²) in [6.45, 7) is 7.80. The molecular weight excluding hydrogens is 371 g/mol. The Hall–Kier alpha value is -2.74.